The van der Waals surface area contributed by atoms with E-state index in [4.69, 9.17) is 4.74 Å². The summed E-state index contributed by atoms with van der Waals surface area (Å²) >= 11 is 0. The first-order chi connectivity index (χ1) is 12.5. The van der Waals surface area contributed by atoms with Crippen LogP contribution >= 0.6 is 0 Å². The van der Waals surface area contributed by atoms with Gasteiger partial charge >= 0.3 is 0 Å². The lowest BCUT2D eigenvalue weighted by Crippen LogP contribution is -2.11. The van der Waals surface area contributed by atoms with E-state index in [1.165, 1.54) is 24.3 Å². The van der Waals surface area contributed by atoms with Gasteiger partial charge in [-0.3, -0.25) is 14.9 Å². The number of rotatable bonds is 6. The minimum absolute atomic E-state index is 0.0304. The van der Waals surface area contributed by atoms with Crippen LogP contribution in [0.4, 0.5) is 11.4 Å². The number of anilines is 1. The molecule has 1 amide bonds. The smallest absolute Gasteiger partial charge is 0.269 e. The van der Waals surface area contributed by atoms with Gasteiger partial charge in [-0.1, -0.05) is 0 Å². The number of nitrogens with one attached hydrogen (secondary N) is 1. The molecule has 3 aromatic rings. The van der Waals surface area contributed by atoms with Crippen LogP contribution in [0.1, 0.15) is 16.2 Å². The molecule has 0 aliphatic heterocycles. The zero-order valence-electron chi connectivity index (χ0n) is 14.0. The molecule has 0 atom stereocenters. The minimum Gasteiger partial charge on any atom is -0.486 e. The van der Waals surface area contributed by atoms with Crippen molar-refractivity contribution in [1.29, 1.82) is 0 Å². The van der Waals surface area contributed by atoms with E-state index in [0.29, 0.717) is 23.6 Å². The molecular weight excluding hydrogens is 336 g/mol. The number of ether oxygens (including phenoxy) is 1. The molecule has 1 N–H and O–H groups in total. The second kappa shape index (κ2) is 7.47. The Hall–Kier alpha value is -3.68. The van der Waals surface area contributed by atoms with Crippen LogP contribution in [0.15, 0.2) is 60.9 Å². The first kappa shape index (κ1) is 17.2. The third-order valence-electron chi connectivity index (χ3n) is 3.74. The molecular formula is C18H16N4O4. The Morgan fingerprint density at radius 2 is 1.88 bits per heavy atom. The number of nitro benzene ring substituents is 1. The van der Waals surface area contributed by atoms with Gasteiger partial charge in [0, 0.05) is 42.8 Å². The second-order valence-electron chi connectivity index (χ2n) is 5.53. The lowest BCUT2D eigenvalue weighted by Gasteiger charge is -2.08. The highest BCUT2D eigenvalue weighted by atomic mass is 16.6. The predicted octanol–water partition coefficient (Wildman–Crippen LogP) is 3.16. The highest BCUT2D eigenvalue weighted by Crippen LogP contribution is 2.18. The molecule has 0 saturated carbocycles. The SMILES string of the molecule is Cn1ccnc1COc1ccc(C(=O)Nc2ccc([N+](=O)[O-])cc2)cc1. The first-order valence-corrected chi connectivity index (χ1v) is 7.78. The molecule has 8 heteroatoms. The number of carbonyl (C=O) groups excluding carboxylic acids is 1. The number of amides is 1. The number of hydrogen-bond acceptors (Lipinski definition) is 5. The van der Waals surface area contributed by atoms with Crippen LogP contribution in [0, 0.1) is 10.1 Å². The van der Waals surface area contributed by atoms with Gasteiger partial charge in [-0.25, -0.2) is 4.98 Å². The van der Waals surface area contributed by atoms with Crippen molar-refractivity contribution in [3.8, 4) is 5.75 Å². The summed E-state index contributed by atoms with van der Waals surface area (Å²) in [5.41, 5.74) is 0.903. The van der Waals surface area contributed by atoms with Crippen molar-refractivity contribution >= 4 is 17.3 Å². The second-order valence-corrected chi connectivity index (χ2v) is 5.53. The van der Waals surface area contributed by atoms with Gasteiger partial charge in [-0.15, -0.1) is 0 Å². The molecule has 26 heavy (non-hydrogen) atoms. The van der Waals surface area contributed by atoms with Crippen molar-refractivity contribution in [3.63, 3.8) is 0 Å². The molecule has 0 radical (unpaired) electrons. The van der Waals surface area contributed by atoms with Gasteiger partial charge in [0.2, 0.25) is 0 Å². The van der Waals surface area contributed by atoms with Crippen molar-refractivity contribution in [2.45, 2.75) is 6.61 Å². The van der Waals surface area contributed by atoms with Crippen molar-refractivity contribution in [2.24, 2.45) is 7.05 Å². The number of aromatic nitrogens is 2. The van der Waals surface area contributed by atoms with Gasteiger partial charge in [0.05, 0.1) is 4.92 Å². The number of hydrogen-bond donors (Lipinski definition) is 1. The average molecular weight is 352 g/mol. The summed E-state index contributed by atoms with van der Waals surface area (Å²) in [5, 5.41) is 13.3. The van der Waals surface area contributed by atoms with Gasteiger partial charge in [-0.05, 0) is 36.4 Å². The summed E-state index contributed by atoms with van der Waals surface area (Å²) < 4.78 is 7.51. The molecule has 0 bridgehead atoms. The van der Waals surface area contributed by atoms with E-state index < -0.39 is 4.92 Å². The van der Waals surface area contributed by atoms with Crippen LogP contribution in [0.2, 0.25) is 0 Å². The number of aryl methyl sites for hydroxylation is 1. The summed E-state index contributed by atoms with van der Waals surface area (Å²) in [6.45, 7) is 0.331. The maximum absolute atomic E-state index is 12.2. The summed E-state index contributed by atoms with van der Waals surface area (Å²) in [7, 11) is 1.89. The Balaban J connectivity index is 1.59. The number of nitro groups is 1. The summed E-state index contributed by atoms with van der Waals surface area (Å²) in [5.74, 6) is 1.11. The molecule has 0 saturated heterocycles. The van der Waals surface area contributed by atoms with Gasteiger partial charge < -0.3 is 14.6 Å². The van der Waals surface area contributed by atoms with E-state index in [1.807, 2.05) is 17.8 Å². The molecule has 8 nitrogen and oxygen atoms in total. The quantitative estimate of drug-likeness (QED) is 0.543. The van der Waals surface area contributed by atoms with Crippen molar-refractivity contribution < 1.29 is 14.5 Å². The number of imidazole rings is 1. The fourth-order valence-electron chi connectivity index (χ4n) is 2.26. The lowest BCUT2D eigenvalue weighted by molar-refractivity contribution is -0.384. The van der Waals surface area contributed by atoms with Crippen LogP contribution < -0.4 is 10.1 Å². The number of benzene rings is 2. The lowest BCUT2D eigenvalue weighted by atomic mass is 10.2. The Labute approximate surface area is 149 Å². The van der Waals surface area contributed by atoms with E-state index in [9.17, 15) is 14.9 Å². The first-order valence-electron chi connectivity index (χ1n) is 7.78. The van der Waals surface area contributed by atoms with E-state index >= 15 is 0 Å². The normalized spacial score (nSPS) is 10.3. The Morgan fingerprint density at radius 1 is 1.19 bits per heavy atom. The van der Waals surface area contributed by atoms with Crippen molar-refractivity contribution in [2.75, 3.05) is 5.32 Å². The molecule has 0 spiro atoms. The summed E-state index contributed by atoms with van der Waals surface area (Å²) in [4.78, 5) is 26.6. The fraction of sp³-hybridized carbons (Fsp3) is 0.111. The number of non-ortho nitro benzene ring substituents is 1. The minimum atomic E-state index is -0.491. The third kappa shape index (κ3) is 4.04. The third-order valence-corrected chi connectivity index (χ3v) is 3.74. The van der Waals surface area contributed by atoms with Crippen LogP contribution in [-0.2, 0) is 13.7 Å². The Morgan fingerprint density at radius 3 is 2.46 bits per heavy atom. The standard InChI is InChI=1S/C18H16N4O4/c1-21-11-10-19-17(21)12-26-16-8-2-13(3-9-16)18(23)20-14-4-6-15(7-5-14)22(24)25/h2-11H,12H2,1H3,(H,20,23). The molecule has 2 aromatic carbocycles. The summed E-state index contributed by atoms with van der Waals surface area (Å²) in [6, 6.07) is 12.3. The summed E-state index contributed by atoms with van der Waals surface area (Å²) in [6.07, 6.45) is 3.54. The topological polar surface area (TPSA) is 99.3 Å². The molecule has 132 valence electrons. The maximum Gasteiger partial charge on any atom is 0.269 e. The van der Waals surface area contributed by atoms with Crippen LogP contribution in [0.5, 0.6) is 5.75 Å². The molecule has 0 unspecified atom stereocenters. The molecule has 0 aliphatic carbocycles. The maximum atomic E-state index is 12.2. The average Bonchev–Trinajstić information content (AvgIpc) is 3.06. The molecule has 0 aliphatic rings. The monoisotopic (exact) mass is 352 g/mol. The van der Waals surface area contributed by atoms with Crippen molar-refractivity contribution in [1.82, 2.24) is 9.55 Å². The zero-order chi connectivity index (χ0) is 18.5. The van der Waals surface area contributed by atoms with Gasteiger partial charge in [0.15, 0.2) is 0 Å². The van der Waals surface area contributed by atoms with Gasteiger partial charge in [0.1, 0.15) is 18.2 Å². The highest BCUT2D eigenvalue weighted by Gasteiger charge is 2.09. The number of carbonyl (C=O) groups is 1. The fourth-order valence-corrected chi connectivity index (χ4v) is 2.26. The van der Waals surface area contributed by atoms with Crippen LogP contribution in [0.25, 0.3) is 0 Å². The number of nitrogens with zero attached hydrogens (tertiary/aromatic N) is 3. The van der Waals surface area contributed by atoms with E-state index in [0.717, 1.165) is 5.82 Å². The van der Waals surface area contributed by atoms with Gasteiger partial charge in [0.25, 0.3) is 11.6 Å². The molecule has 1 aromatic heterocycles. The van der Waals surface area contributed by atoms with E-state index in [-0.39, 0.29) is 11.6 Å². The Kier molecular flexibility index (Phi) is 4.93. The van der Waals surface area contributed by atoms with Crippen LogP contribution in [0.3, 0.4) is 0 Å². The highest BCUT2D eigenvalue weighted by molar-refractivity contribution is 6.04. The largest absolute Gasteiger partial charge is 0.486 e. The van der Waals surface area contributed by atoms with E-state index in [2.05, 4.69) is 10.3 Å². The van der Waals surface area contributed by atoms with Gasteiger partial charge in [-0.2, -0.15) is 0 Å². The molecule has 3 rings (SSSR count). The van der Waals surface area contributed by atoms with Crippen LogP contribution in [-0.4, -0.2) is 20.4 Å². The molecule has 1 heterocycles. The Bertz CT molecular complexity index is 917. The van der Waals surface area contributed by atoms with E-state index in [1.54, 1.807) is 30.5 Å². The molecule has 0 fully saturated rings. The van der Waals surface area contributed by atoms with Crippen molar-refractivity contribution in [3.05, 3.63) is 82.4 Å². The zero-order valence-corrected chi connectivity index (χ0v) is 14.0. The predicted molar refractivity (Wildman–Crippen MR) is 95.0 cm³/mol.